The second-order valence-corrected chi connectivity index (χ2v) is 4.85. The van der Waals surface area contributed by atoms with Gasteiger partial charge in [0, 0.05) is 24.3 Å². The molecule has 3 rings (SSSR count). The van der Waals surface area contributed by atoms with Crippen molar-refractivity contribution >= 4 is 28.9 Å². The molecule has 2 amide bonds. The molecule has 1 aromatic carbocycles. The van der Waals surface area contributed by atoms with Crippen molar-refractivity contribution < 1.29 is 9.59 Å². The number of nitrogens with one attached hydrogen (secondary N) is 2. The topological polar surface area (TPSA) is 104 Å². The number of anilines is 3. The molecule has 0 aliphatic carbocycles. The normalized spacial score (nSPS) is 14.5. The van der Waals surface area contributed by atoms with Crippen molar-refractivity contribution in [1.82, 2.24) is 10.2 Å². The summed E-state index contributed by atoms with van der Waals surface area (Å²) in [6, 6.07) is 7.14. The average molecular weight is 285 g/mol. The summed E-state index contributed by atoms with van der Waals surface area (Å²) >= 11 is 0. The van der Waals surface area contributed by atoms with Gasteiger partial charge in [0.2, 0.25) is 5.91 Å². The van der Waals surface area contributed by atoms with E-state index in [0.29, 0.717) is 17.8 Å². The summed E-state index contributed by atoms with van der Waals surface area (Å²) < 4.78 is 0. The number of hydrogen-bond acceptors (Lipinski definition) is 4. The molecule has 7 nitrogen and oxygen atoms in total. The molecular formula is C14H15N5O2. The quantitative estimate of drug-likeness (QED) is 0.792. The summed E-state index contributed by atoms with van der Waals surface area (Å²) in [5.74, 6) is -0.216. The number of carbonyl (C=O) groups is 2. The van der Waals surface area contributed by atoms with Crippen molar-refractivity contribution in [3.05, 3.63) is 36.2 Å². The van der Waals surface area contributed by atoms with Crippen LogP contribution in [0.3, 0.4) is 0 Å². The fraction of sp³-hybridized carbons (Fsp3) is 0.214. The second-order valence-electron chi connectivity index (χ2n) is 4.85. The number of nitrogen functional groups attached to an aromatic ring is 1. The zero-order valence-electron chi connectivity index (χ0n) is 11.3. The van der Waals surface area contributed by atoms with Crippen molar-refractivity contribution in [2.24, 2.45) is 0 Å². The van der Waals surface area contributed by atoms with Crippen LogP contribution in [-0.2, 0) is 4.79 Å². The third-order valence-electron chi connectivity index (χ3n) is 3.41. The summed E-state index contributed by atoms with van der Waals surface area (Å²) in [6.07, 6.45) is 2.87. The number of H-pyrrole nitrogens is 1. The van der Waals surface area contributed by atoms with Crippen LogP contribution in [0.4, 0.5) is 17.1 Å². The van der Waals surface area contributed by atoms with Crippen LogP contribution in [0, 0.1) is 0 Å². The maximum Gasteiger partial charge on any atom is 0.275 e. The molecule has 0 atom stereocenters. The molecular weight excluding hydrogens is 270 g/mol. The number of nitrogens with zero attached hydrogens (tertiary/aromatic N) is 2. The molecule has 2 heterocycles. The molecule has 1 aliphatic heterocycles. The molecule has 4 N–H and O–H groups in total. The van der Waals surface area contributed by atoms with Crippen LogP contribution in [0.25, 0.3) is 0 Å². The zero-order chi connectivity index (χ0) is 14.8. The minimum Gasteiger partial charge on any atom is -0.396 e. The van der Waals surface area contributed by atoms with Crippen LogP contribution in [0.5, 0.6) is 0 Å². The molecule has 0 spiro atoms. The second kappa shape index (κ2) is 5.28. The van der Waals surface area contributed by atoms with Gasteiger partial charge in [-0.2, -0.15) is 5.10 Å². The lowest BCUT2D eigenvalue weighted by Gasteiger charge is -2.16. The van der Waals surface area contributed by atoms with Gasteiger partial charge in [-0.1, -0.05) is 0 Å². The molecule has 2 aromatic rings. The molecule has 1 aliphatic rings. The first-order chi connectivity index (χ1) is 10.1. The summed E-state index contributed by atoms with van der Waals surface area (Å²) in [6.45, 7) is 0.745. The third kappa shape index (κ3) is 2.58. The van der Waals surface area contributed by atoms with E-state index in [4.69, 9.17) is 5.73 Å². The lowest BCUT2D eigenvalue weighted by Crippen LogP contribution is -2.23. The lowest BCUT2D eigenvalue weighted by atomic mass is 10.2. The van der Waals surface area contributed by atoms with Gasteiger partial charge in [-0.3, -0.25) is 14.7 Å². The molecule has 7 heteroatoms. The molecule has 1 fully saturated rings. The van der Waals surface area contributed by atoms with Gasteiger partial charge >= 0.3 is 0 Å². The number of amides is 2. The largest absolute Gasteiger partial charge is 0.396 e. The zero-order valence-corrected chi connectivity index (χ0v) is 11.3. The van der Waals surface area contributed by atoms with E-state index in [1.165, 1.54) is 6.20 Å². The molecule has 0 unspecified atom stereocenters. The van der Waals surface area contributed by atoms with E-state index < -0.39 is 0 Å². The first-order valence-corrected chi connectivity index (χ1v) is 6.66. The monoisotopic (exact) mass is 285 g/mol. The number of benzene rings is 1. The highest BCUT2D eigenvalue weighted by Gasteiger charge is 2.21. The predicted octanol–water partition coefficient (Wildman–Crippen LogP) is 1.37. The van der Waals surface area contributed by atoms with Gasteiger partial charge < -0.3 is 16.0 Å². The Kier molecular flexibility index (Phi) is 3.31. The van der Waals surface area contributed by atoms with Gasteiger partial charge in [-0.15, -0.1) is 0 Å². The number of nitrogens with two attached hydrogens (primary N) is 1. The Bertz CT molecular complexity index is 677. The predicted molar refractivity (Wildman–Crippen MR) is 79.0 cm³/mol. The van der Waals surface area contributed by atoms with Crippen molar-refractivity contribution in [3.63, 3.8) is 0 Å². The van der Waals surface area contributed by atoms with Crippen LogP contribution >= 0.6 is 0 Å². The first kappa shape index (κ1) is 13.2. The van der Waals surface area contributed by atoms with Crippen LogP contribution in [0.15, 0.2) is 30.5 Å². The standard InChI is InChI=1S/C14H15N5O2/c15-11-8-16-18-13(11)14(21)17-9-3-5-10(6-4-9)19-7-1-2-12(19)20/h3-6,8H,1-2,7,15H2,(H,16,18)(H,17,21). The van der Waals surface area contributed by atoms with Gasteiger partial charge in [0.1, 0.15) is 5.69 Å². The summed E-state index contributed by atoms with van der Waals surface area (Å²) in [4.78, 5) is 25.4. The Morgan fingerprint density at radius 3 is 2.67 bits per heavy atom. The van der Waals surface area contributed by atoms with E-state index in [0.717, 1.165) is 18.7 Å². The molecule has 1 aromatic heterocycles. The molecule has 1 saturated heterocycles. The molecule has 0 radical (unpaired) electrons. The summed E-state index contributed by atoms with van der Waals surface area (Å²) in [5.41, 5.74) is 7.62. The van der Waals surface area contributed by atoms with E-state index in [-0.39, 0.29) is 17.5 Å². The Labute approximate surface area is 121 Å². The van der Waals surface area contributed by atoms with E-state index in [1.54, 1.807) is 17.0 Å². The van der Waals surface area contributed by atoms with Gasteiger partial charge in [-0.05, 0) is 30.7 Å². The fourth-order valence-electron chi connectivity index (χ4n) is 2.32. The minimum atomic E-state index is -0.352. The van der Waals surface area contributed by atoms with E-state index in [2.05, 4.69) is 15.5 Å². The highest BCUT2D eigenvalue weighted by molar-refractivity contribution is 6.06. The molecule has 0 bridgehead atoms. The maximum atomic E-state index is 12.0. The van der Waals surface area contributed by atoms with Gasteiger partial charge in [0.05, 0.1) is 11.9 Å². The van der Waals surface area contributed by atoms with Crippen molar-refractivity contribution in [3.8, 4) is 0 Å². The SMILES string of the molecule is Nc1cn[nH]c1C(=O)Nc1ccc(N2CCCC2=O)cc1. The Balaban J connectivity index is 1.71. The lowest BCUT2D eigenvalue weighted by molar-refractivity contribution is -0.117. The third-order valence-corrected chi connectivity index (χ3v) is 3.41. The molecule has 21 heavy (non-hydrogen) atoms. The highest BCUT2D eigenvalue weighted by atomic mass is 16.2. The first-order valence-electron chi connectivity index (χ1n) is 6.66. The van der Waals surface area contributed by atoms with Gasteiger partial charge in [0.25, 0.3) is 5.91 Å². The number of aromatic amines is 1. The van der Waals surface area contributed by atoms with Gasteiger partial charge in [0.15, 0.2) is 0 Å². The fourth-order valence-corrected chi connectivity index (χ4v) is 2.32. The van der Waals surface area contributed by atoms with Crippen molar-refractivity contribution in [2.45, 2.75) is 12.8 Å². The van der Waals surface area contributed by atoms with Crippen LogP contribution in [0.2, 0.25) is 0 Å². The highest BCUT2D eigenvalue weighted by Crippen LogP contribution is 2.23. The van der Waals surface area contributed by atoms with Crippen LogP contribution in [0.1, 0.15) is 23.3 Å². The maximum absolute atomic E-state index is 12.0. The van der Waals surface area contributed by atoms with Crippen molar-refractivity contribution in [2.75, 3.05) is 22.5 Å². The van der Waals surface area contributed by atoms with Gasteiger partial charge in [-0.25, -0.2) is 0 Å². The van der Waals surface area contributed by atoms with E-state index >= 15 is 0 Å². The molecule has 108 valence electrons. The van der Waals surface area contributed by atoms with E-state index in [9.17, 15) is 9.59 Å². The van der Waals surface area contributed by atoms with Crippen molar-refractivity contribution in [1.29, 1.82) is 0 Å². The summed E-state index contributed by atoms with van der Waals surface area (Å²) in [5, 5.41) is 8.97. The smallest absolute Gasteiger partial charge is 0.275 e. The average Bonchev–Trinajstić information content (AvgIpc) is 3.08. The molecule has 0 saturated carbocycles. The Morgan fingerprint density at radius 1 is 1.33 bits per heavy atom. The summed E-state index contributed by atoms with van der Waals surface area (Å²) in [7, 11) is 0. The number of carbonyl (C=O) groups excluding carboxylic acids is 2. The number of rotatable bonds is 3. The Morgan fingerprint density at radius 2 is 2.10 bits per heavy atom. The van der Waals surface area contributed by atoms with E-state index in [1.807, 2.05) is 12.1 Å². The Hall–Kier alpha value is -2.83. The number of aromatic nitrogens is 2. The minimum absolute atomic E-state index is 0.136. The van der Waals surface area contributed by atoms with Crippen LogP contribution in [-0.4, -0.2) is 28.6 Å². The van der Waals surface area contributed by atoms with Crippen LogP contribution < -0.4 is 16.0 Å². The number of hydrogen-bond donors (Lipinski definition) is 3.